The summed E-state index contributed by atoms with van der Waals surface area (Å²) in [6.45, 7) is 0.0617. The zero-order valence-corrected chi connectivity index (χ0v) is 10.4. The zero-order chi connectivity index (χ0) is 13.4. The van der Waals surface area contributed by atoms with E-state index >= 15 is 0 Å². The van der Waals surface area contributed by atoms with Gasteiger partial charge in [0, 0.05) is 18.2 Å². The maximum atomic E-state index is 13.4. The molecule has 0 amide bonds. The summed E-state index contributed by atoms with van der Waals surface area (Å²) in [7, 11) is -3.99. The van der Waals surface area contributed by atoms with E-state index in [2.05, 4.69) is 4.72 Å². The molecule has 0 aromatic heterocycles. The molecule has 1 aromatic carbocycles. The number of hydrogen-bond donors (Lipinski definition) is 2. The molecule has 0 heterocycles. The molecule has 0 saturated heterocycles. The lowest BCUT2D eigenvalue weighted by atomic mass is 9.78. The molecule has 1 saturated carbocycles. The minimum atomic E-state index is -3.99. The number of rotatable bonds is 4. The maximum Gasteiger partial charge on any atom is 0.243 e. The van der Waals surface area contributed by atoms with Gasteiger partial charge in [-0.2, -0.15) is 0 Å². The van der Waals surface area contributed by atoms with Crippen LogP contribution in [-0.2, 0) is 10.0 Å². The van der Waals surface area contributed by atoms with Crippen LogP contribution >= 0.6 is 0 Å². The van der Waals surface area contributed by atoms with Crippen molar-refractivity contribution in [1.82, 2.24) is 4.72 Å². The Morgan fingerprint density at radius 3 is 2.50 bits per heavy atom. The Balaban J connectivity index is 2.15. The van der Waals surface area contributed by atoms with E-state index in [9.17, 15) is 17.2 Å². The van der Waals surface area contributed by atoms with Crippen molar-refractivity contribution < 1.29 is 17.2 Å². The van der Waals surface area contributed by atoms with Crippen LogP contribution in [-0.4, -0.2) is 20.5 Å². The highest BCUT2D eigenvalue weighted by Crippen LogP contribution is 2.28. The van der Waals surface area contributed by atoms with E-state index in [1.807, 2.05) is 0 Å². The summed E-state index contributed by atoms with van der Waals surface area (Å²) in [6.07, 6.45) is 2.44. The van der Waals surface area contributed by atoms with Crippen LogP contribution in [0.4, 0.5) is 8.78 Å². The molecule has 2 rings (SSSR count). The number of nitrogens with one attached hydrogen (secondary N) is 1. The second-order valence-corrected chi connectivity index (χ2v) is 6.35. The Bertz CT molecular complexity index is 556. The van der Waals surface area contributed by atoms with Crippen molar-refractivity contribution in [2.45, 2.75) is 29.7 Å². The van der Waals surface area contributed by atoms with Crippen molar-refractivity contribution in [2.24, 2.45) is 5.73 Å². The Hall–Kier alpha value is -1.05. The summed E-state index contributed by atoms with van der Waals surface area (Å²) in [4.78, 5) is -0.563. The van der Waals surface area contributed by atoms with Crippen LogP contribution in [0, 0.1) is 11.6 Å². The van der Waals surface area contributed by atoms with Crippen LogP contribution in [0.1, 0.15) is 19.3 Å². The van der Waals surface area contributed by atoms with Crippen molar-refractivity contribution in [3.05, 3.63) is 29.8 Å². The first-order valence-corrected chi connectivity index (χ1v) is 7.04. The second kappa shape index (κ2) is 4.56. The first-order chi connectivity index (χ1) is 8.32. The molecule has 18 heavy (non-hydrogen) atoms. The molecule has 1 fully saturated rings. The van der Waals surface area contributed by atoms with E-state index in [1.165, 1.54) is 0 Å². The fraction of sp³-hybridized carbons (Fsp3) is 0.455. The smallest absolute Gasteiger partial charge is 0.243 e. The fourth-order valence-corrected chi connectivity index (χ4v) is 3.01. The first kappa shape index (κ1) is 13.4. The molecule has 1 aliphatic carbocycles. The zero-order valence-electron chi connectivity index (χ0n) is 9.62. The summed E-state index contributed by atoms with van der Waals surface area (Å²) in [5.74, 6) is -1.93. The van der Waals surface area contributed by atoms with E-state index < -0.39 is 32.1 Å². The van der Waals surface area contributed by atoms with E-state index in [-0.39, 0.29) is 6.54 Å². The lowest BCUT2D eigenvalue weighted by molar-refractivity contribution is 0.251. The van der Waals surface area contributed by atoms with Crippen molar-refractivity contribution in [3.63, 3.8) is 0 Å². The SMILES string of the molecule is NC1(CNS(=O)(=O)c2ccc(F)cc2F)CCC1. The van der Waals surface area contributed by atoms with Crippen molar-refractivity contribution in [3.8, 4) is 0 Å². The molecular weight excluding hydrogens is 262 g/mol. The lowest BCUT2D eigenvalue weighted by Gasteiger charge is -2.38. The van der Waals surface area contributed by atoms with Crippen molar-refractivity contribution in [1.29, 1.82) is 0 Å². The van der Waals surface area contributed by atoms with Gasteiger partial charge in [0.25, 0.3) is 0 Å². The molecule has 0 radical (unpaired) electrons. The molecule has 100 valence electrons. The van der Waals surface area contributed by atoms with Crippen LogP contribution < -0.4 is 10.5 Å². The second-order valence-electron chi connectivity index (χ2n) is 4.62. The summed E-state index contributed by atoms with van der Waals surface area (Å²) >= 11 is 0. The van der Waals surface area contributed by atoms with Gasteiger partial charge in [-0.25, -0.2) is 21.9 Å². The average molecular weight is 276 g/mol. The number of hydrogen-bond acceptors (Lipinski definition) is 3. The highest BCUT2D eigenvalue weighted by atomic mass is 32.2. The van der Waals surface area contributed by atoms with Gasteiger partial charge >= 0.3 is 0 Å². The number of benzene rings is 1. The minimum Gasteiger partial charge on any atom is -0.324 e. The summed E-state index contributed by atoms with van der Waals surface area (Å²) in [5, 5.41) is 0. The van der Waals surface area contributed by atoms with Gasteiger partial charge in [-0.3, -0.25) is 0 Å². The quantitative estimate of drug-likeness (QED) is 0.865. The number of halogens is 2. The number of nitrogens with two attached hydrogens (primary N) is 1. The van der Waals surface area contributed by atoms with Gasteiger partial charge in [0.1, 0.15) is 16.5 Å². The van der Waals surface area contributed by atoms with Crippen LogP contribution in [0.2, 0.25) is 0 Å². The third-order valence-electron chi connectivity index (χ3n) is 3.15. The van der Waals surface area contributed by atoms with Gasteiger partial charge in [-0.1, -0.05) is 0 Å². The van der Waals surface area contributed by atoms with E-state index in [4.69, 9.17) is 5.73 Å². The molecule has 0 unspecified atom stereocenters. The largest absolute Gasteiger partial charge is 0.324 e. The summed E-state index contributed by atoms with van der Waals surface area (Å²) in [5.41, 5.74) is 5.33. The molecule has 0 aliphatic heterocycles. The third-order valence-corrected chi connectivity index (χ3v) is 4.58. The van der Waals surface area contributed by atoms with Gasteiger partial charge in [-0.15, -0.1) is 0 Å². The molecule has 1 aliphatic rings. The molecular formula is C11H14F2N2O2S. The Morgan fingerprint density at radius 1 is 1.33 bits per heavy atom. The van der Waals surface area contributed by atoms with Crippen LogP contribution in [0.5, 0.6) is 0 Å². The Morgan fingerprint density at radius 2 is 2.00 bits per heavy atom. The predicted octanol–water partition coefficient (Wildman–Crippen LogP) is 1.12. The van der Waals surface area contributed by atoms with Crippen molar-refractivity contribution in [2.75, 3.05) is 6.54 Å². The van der Waals surface area contributed by atoms with Gasteiger partial charge in [0.2, 0.25) is 10.0 Å². The molecule has 0 bridgehead atoms. The Kier molecular flexibility index (Phi) is 3.39. The van der Waals surface area contributed by atoms with Crippen LogP contribution in [0.25, 0.3) is 0 Å². The molecule has 4 nitrogen and oxygen atoms in total. The third kappa shape index (κ3) is 2.68. The molecule has 3 N–H and O–H groups in total. The van der Waals surface area contributed by atoms with Gasteiger partial charge < -0.3 is 5.73 Å². The topological polar surface area (TPSA) is 72.2 Å². The molecule has 0 spiro atoms. The lowest BCUT2D eigenvalue weighted by Crippen LogP contribution is -2.54. The van der Waals surface area contributed by atoms with E-state index in [0.717, 1.165) is 31.4 Å². The van der Waals surface area contributed by atoms with Gasteiger partial charge in [-0.05, 0) is 31.4 Å². The average Bonchev–Trinajstić information content (AvgIpc) is 2.23. The van der Waals surface area contributed by atoms with Crippen LogP contribution in [0.15, 0.2) is 23.1 Å². The number of sulfonamides is 1. The highest BCUT2D eigenvalue weighted by molar-refractivity contribution is 7.89. The highest BCUT2D eigenvalue weighted by Gasteiger charge is 2.34. The maximum absolute atomic E-state index is 13.4. The Labute approximate surface area is 104 Å². The molecule has 7 heteroatoms. The summed E-state index contributed by atoms with van der Waals surface area (Å²) in [6, 6.07) is 2.34. The normalized spacial score (nSPS) is 18.4. The van der Waals surface area contributed by atoms with Gasteiger partial charge in [0.15, 0.2) is 0 Å². The van der Waals surface area contributed by atoms with E-state index in [0.29, 0.717) is 6.07 Å². The van der Waals surface area contributed by atoms with E-state index in [1.54, 1.807) is 0 Å². The van der Waals surface area contributed by atoms with Crippen molar-refractivity contribution >= 4 is 10.0 Å². The standard InChI is InChI=1S/C11H14F2N2O2S/c12-8-2-3-10(9(13)6-8)18(16,17)15-7-11(14)4-1-5-11/h2-3,6,15H,1,4-5,7,14H2. The van der Waals surface area contributed by atoms with Gasteiger partial charge in [0.05, 0.1) is 0 Å². The summed E-state index contributed by atoms with van der Waals surface area (Å²) < 4.78 is 52.0. The monoisotopic (exact) mass is 276 g/mol. The predicted molar refractivity (Wildman–Crippen MR) is 62.3 cm³/mol. The van der Waals surface area contributed by atoms with Crippen LogP contribution in [0.3, 0.4) is 0 Å². The molecule has 1 aromatic rings. The fourth-order valence-electron chi connectivity index (χ4n) is 1.82. The minimum absolute atomic E-state index is 0.0617. The first-order valence-electron chi connectivity index (χ1n) is 5.56. The molecule has 0 atom stereocenters.